The highest BCUT2D eigenvalue weighted by atomic mass is 32.2. The number of fused-ring (bicyclic) bond motifs is 1. The third-order valence-electron chi connectivity index (χ3n) is 3.23. The summed E-state index contributed by atoms with van der Waals surface area (Å²) in [7, 11) is 0. The second-order valence-electron chi connectivity index (χ2n) is 4.69. The molecule has 0 fully saturated rings. The summed E-state index contributed by atoms with van der Waals surface area (Å²) >= 11 is 1.78. The average molecular weight is 280 g/mol. The van der Waals surface area contributed by atoms with E-state index in [1.165, 1.54) is 4.90 Å². The molecule has 2 N–H and O–H groups in total. The highest BCUT2D eigenvalue weighted by Gasteiger charge is 2.07. The van der Waals surface area contributed by atoms with Crippen molar-refractivity contribution in [3.8, 4) is 0 Å². The van der Waals surface area contributed by atoms with E-state index in [1.807, 2.05) is 30.5 Å². The van der Waals surface area contributed by atoms with Gasteiger partial charge in [0, 0.05) is 28.3 Å². The van der Waals surface area contributed by atoms with Crippen LogP contribution >= 0.6 is 11.8 Å². The Bertz CT molecular complexity index is 697. The van der Waals surface area contributed by atoms with E-state index in [4.69, 9.17) is 5.73 Å². The summed E-state index contributed by atoms with van der Waals surface area (Å²) in [6.07, 6.45) is 1.82. The second-order valence-corrected chi connectivity index (χ2v) is 5.78. The minimum atomic E-state index is 0.0200. The first-order valence-corrected chi connectivity index (χ1v) is 7.59. The van der Waals surface area contributed by atoms with Crippen LogP contribution in [0, 0.1) is 0 Å². The molecule has 0 aliphatic rings. The average Bonchev–Trinajstić information content (AvgIpc) is 2.53. The zero-order chi connectivity index (χ0) is 13.8. The summed E-state index contributed by atoms with van der Waals surface area (Å²) in [4.78, 5) is 5.63. The van der Waals surface area contributed by atoms with Crippen molar-refractivity contribution >= 4 is 22.7 Å². The molecule has 1 aromatic heterocycles. The molecule has 2 nitrogen and oxygen atoms in total. The van der Waals surface area contributed by atoms with Gasteiger partial charge in [0.15, 0.2) is 0 Å². The lowest BCUT2D eigenvalue weighted by molar-refractivity contribution is 0.832. The number of nitrogens with zero attached hydrogens (tertiary/aromatic N) is 1. The van der Waals surface area contributed by atoms with Crippen LogP contribution in [0.1, 0.15) is 11.6 Å². The fourth-order valence-corrected chi connectivity index (χ4v) is 3.03. The van der Waals surface area contributed by atoms with Crippen LogP contribution in [0.3, 0.4) is 0 Å². The van der Waals surface area contributed by atoms with E-state index in [9.17, 15) is 0 Å². The maximum atomic E-state index is 6.29. The summed E-state index contributed by atoms with van der Waals surface area (Å²) in [6.45, 7) is 0. The molecule has 0 saturated carbocycles. The van der Waals surface area contributed by atoms with Gasteiger partial charge >= 0.3 is 0 Å². The van der Waals surface area contributed by atoms with Gasteiger partial charge in [0.2, 0.25) is 0 Å². The molecule has 0 radical (unpaired) electrons. The van der Waals surface area contributed by atoms with Gasteiger partial charge in [-0.3, -0.25) is 4.98 Å². The Morgan fingerprint density at radius 1 is 1.00 bits per heavy atom. The Balaban J connectivity index is 1.73. The highest BCUT2D eigenvalue weighted by molar-refractivity contribution is 7.99. The first-order valence-electron chi connectivity index (χ1n) is 6.61. The van der Waals surface area contributed by atoms with Gasteiger partial charge in [0.25, 0.3) is 0 Å². The SMILES string of the molecule is NC(CSc1ccccc1)c1ccc2cccnc2c1. The molecule has 0 spiro atoms. The Kier molecular flexibility index (Phi) is 4.00. The van der Waals surface area contributed by atoms with Crippen molar-refractivity contribution in [1.82, 2.24) is 4.98 Å². The molecule has 20 heavy (non-hydrogen) atoms. The van der Waals surface area contributed by atoms with E-state index >= 15 is 0 Å². The van der Waals surface area contributed by atoms with Gasteiger partial charge in [-0.15, -0.1) is 11.8 Å². The number of rotatable bonds is 4. The quantitative estimate of drug-likeness (QED) is 0.733. The van der Waals surface area contributed by atoms with Crippen LogP contribution in [0.5, 0.6) is 0 Å². The molecule has 1 unspecified atom stereocenters. The van der Waals surface area contributed by atoms with E-state index in [0.29, 0.717) is 0 Å². The van der Waals surface area contributed by atoms with Crippen molar-refractivity contribution < 1.29 is 0 Å². The monoisotopic (exact) mass is 280 g/mol. The molecule has 0 saturated heterocycles. The van der Waals surface area contributed by atoms with E-state index in [2.05, 4.69) is 41.4 Å². The van der Waals surface area contributed by atoms with E-state index in [-0.39, 0.29) is 6.04 Å². The Morgan fingerprint density at radius 2 is 1.85 bits per heavy atom. The first-order chi connectivity index (χ1) is 9.83. The lowest BCUT2D eigenvalue weighted by Gasteiger charge is -2.12. The van der Waals surface area contributed by atoms with E-state index in [1.54, 1.807) is 11.8 Å². The molecule has 1 heterocycles. The van der Waals surface area contributed by atoms with Crippen molar-refractivity contribution in [2.45, 2.75) is 10.9 Å². The van der Waals surface area contributed by atoms with Crippen LogP contribution in [-0.2, 0) is 0 Å². The summed E-state index contributed by atoms with van der Waals surface area (Å²) in [6, 6.07) is 20.7. The summed E-state index contributed by atoms with van der Waals surface area (Å²) in [5.74, 6) is 0.863. The Labute approximate surface area is 123 Å². The molecule has 1 atom stereocenters. The standard InChI is InChI=1S/C17H16N2S/c18-16(12-20-15-6-2-1-3-7-15)14-9-8-13-5-4-10-19-17(13)11-14/h1-11,16H,12,18H2. The Hall–Kier alpha value is -1.84. The second kappa shape index (κ2) is 6.07. The van der Waals surface area contributed by atoms with Gasteiger partial charge in [-0.05, 0) is 29.8 Å². The van der Waals surface area contributed by atoms with Gasteiger partial charge in [0.05, 0.1) is 5.52 Å². The predicted octanol–water partition coefficient (Wildman–Crippen LogP) is 4.03. The minimum absolute atomic E-state index is 0.0200. The number of thioether (sulfide) groups is 1. The van der Waals surface area contributed by atoms with Crippen LogP contribution in [0.2, 0.25) is 0 Å². The fourth-order valence-electron chi connectivity index (χ4n) is 2.11. The maximum absolute atomic E-state index is 6.29. The zero-order valence-corrected chi connectivity index (χ0v) is 11.9. The Morgan fingerprint density at radius 3 is 2.70 bits per heavy atom. The maximum Gasteiger partial charge on any atom is 0.0705 e. The van der Waals surface area contributed by atoms with Crippen molar-refractivity contribution in [2.24, 2.45) is 5.73 Å². The van der Waals surface area contributed by atoms with Crippen LogP contribution in [0.25, 0.3) is 10.9 Å². The van der Waals surface area contributed by atoms with E-state index in [0.717, 1.165) is 22.2 Å². The molecular formula is C17H16N2S. The van der Waals surface area contributed by atoms with E-state index < -0.39 is 0 Å². The van der Waals surface area contributed by atoms with Gasteiger partial charge in [-0.2, -0.15) is 0 Å². The summed E-state index contributed by atoms with van der Waals surface area (Å²) in [5, 5.41) is 1.15. The number of nitrogens with two attached hydrogens (primary N) is 1. The van der Waals surface area contributed by atoms with Crippen LogP contribution < -0.4 is 5.73 Å². The lowest BCUT2D eigenvalue weighted by Crippen LogP contribution is -2.12. The molecule has 0 amide bonds. The molecule has 2 aromatic carbocycles. The molecule has 0 aliphatic heterocycles. The molecule has 3 rings (SSSR count). The predicted molar refractivity (Wildman–Crippen MR) is 85.8 cm³/mol. The van der Waals surface area contributed by atoms with Crippen molar-refractivity contribution in [2.75, 3.05) is 5.75 Å². The largest absolute Gasteiger partial charge is 0.323 e. The van der Waals surface area contributed by atoms with Crippen molar-refractivity contribution in [3.63, 3.8) is 0 Å². The number of hydrogen-bond acceptors (Lipinski definition) is 3. The van der Waals surface area contributed by atoms with Crippen molar-refractivity contribution in [3.05, 3.63) is 72.4 Å². The third kappa shape index (κ3) is 3.00. The van der Waals surface area contributed by atoms with Crippen LogP contribution in [-0.4, -0.2) is 10.7 Å². The van der Waals surface area contributed by atoms with Gasteiger partial charge < -0.3 is 5.73 Å². The number of aromatic nitrogens is 1. The molecular weight excluding hydrogens is 264 g/mol. The molecule has 0 aliphatic carbocycles. The number of hydrogen-bond donors (Lipinski definition) is 1. The summed E-state index contributed by atoms with van der Waals surface area (Å²) < 4.78 is 0. The molecule has 100 valence electrons. The topological polar surface area (TPSA) is 38.9 Å². The van der Waals surface area contributed by atoms with Crippen LogP contribution in [0.4, 0.5) is 0 Å². The third-order valence-corrected chi connectivity index (χ3v) is 4.36. The fraction of sp³-hybridized carbons (Fsp3) is 0.118. The van der Waals surface area contributed by atoms with Gasteiger partial charge in [-0.1, -0.05) is 36.4 Å². The summed E-state index contributed by atoms with van der Waals surface area (Å²) in [5.41, 5.74) is 8.43. The normalized spacial score (nSPS) is 12.4. The van der Waals surface area contributed by atoms with Crippen molar-refractivity contribution in [1.29, 1.82) is 0 Å². The number of benzene rings is 2. The van der Waals surface area contributed by atoms with Gasteiger partial charge in [0.1, 0.15) is 0 Å². The first kappa shape index (κ1) is 13.2. The van der Waals surface area contributed by atoms with Gasteiger partial charge in [-0.25, -0.2) is 0 Å². The van der Waals surface area contributed by atoms with Crippen LogP contribution in [0.15, 0.2) is 71.8 Å². The molecule has 3 aromatic rings. The minimum Gasteiger partial charge on any atom is -0.323 e. The lowest BCUT2D eigenvalue weighted by atomic mass is 10.1. The number of pyridine rings is 1. The highest BCUT2D eigenvalue weighted by Crippen LogP contribution is 2.24. The molecule has 0 bridgehead atoms. The smallest absolute Gasteiger partial charge is 0.0705 e. The molecule has 3 heteroatoms. The zero-order valence-electron chi connectivity index (χ0n) is 11.1.